The van der Waals surface area contributed by atoms with Crippen molar-refractivity contribution in [3.8, 4) is 0 Å². The van der Waals surface area contributed by atoms with Gasteiger partial charge in [0.25, 0.3) is 5.91 Å². The van der Waals surface area contributed by atoms with Crippen molar-refractivity contribution >= 4 is 28.9 Å². The molecule has 8 heteroatoms. The molecule has 1 heterocycles. The highest BCUT2D eigenvalue weighted by molar-refractivity contribution is 7.13. The van der Waals surface area contributed by atoms with Crippen molar-refractivity contribution in [1.29, 1.82) is 0 Å². The molecule has 0 saturated heterocycles. The minimum absolute atomic E-state index is 0.0842. The van der Waals surface area contributed by atoms with Crippen molar-refractivity contribution in [2.75, 3.05) is 19.5 Å². The second-order valence-electron chi connectivity index (χ2n) is 5.07. The van der Waals surface area contributed by atoms with Gasteiger partial charge in [0.05, 0.1) is 24.5 Å². The average molecular weight is 350 g/mol. The fourth-order valence-electron chi connectivity index (χ4n) is 2.17. The van der Waals surface area contributed by atoms with Gasteiger partial charge in [-0.3, -0.25) is 4.79 Å². The van der Waals surface area contributed by atoms with Crippen LogP contribution in [0, 0.1) is 6.92 Å². The fraction of sp³-hybridized carbons (Fsp3) is 0.312. The molecule has 1 aromatic carbocycles. The molecule has 1 aromatic heterocycles. The van der Waals surface area contributed by atoms with Gasteiger partial charge in [-0.15, -0.1) is 11.3 Å². The van der Waals surface area contributed by atoms with Crippen molar-refractivity contribution in [3.63, 3.8) is 0 Å². The number of anilines is 1. The first-order valence-electron chi connectivity index (χ1n) is 7.07. The number of hydrogen-bond donors (Lipinski definition) is 2. The van der Waals surface area contributed by atoms with Crippen LogP contribution in [0.1, 0.15) is 36.3 Å². The molecule has 0 aliphatic heterocycles. The highest BCUT2D eigenvalue weighted by Crippen LogP contribution is 2.22. The summed E-state index contributed by atoms with van der Waals surface area (Å²) in [5.41, 5.74) is 1.75. The van der Waals surface area contributed by atoms with Gasteiger partial charge in [-0.2, -0.15) is 0 Å². The summed E-state index contributed by atoms with van der Waals surface area (Å²) in [5, 5.41) is 12.6. The number of nitrogens with one attached hydrogen (secondary N) is 1. The standard InChI is InChI=1S/C16H18N2O5S/c1-9-14(24-13(17-9)8-23-3)15(19)18-12-5-10(7-22-2)4-11(6-12)16(20)21/h4-6H,7-8H2,1-3H3,(H,18,19)(H,20,21). The maximum atomic E-state index is 12.4. The number of aromatic nitrogens is 1. The van der Waals surface area contributed by atoms with Crippen LogP contribution in [0.2, 0.25) is 0 Å². The first kappa shape index (κ1) is 18.1. The lowest BCUT2D eigenvalue weighted by Gasteiger charge is -2.08. The third-order valence-electron chi connectivity index (χ3n) is 3.12. The molecule has 0 unspecified atom stereocenters. The molecule has 1 amide bonds. The van der Waals surface area contributed by atoms with E-state index in [0.29, 0.717) is 33.4 Å². The first-order chi connectivity index (χ1) is 11.4. The molecule has 7 nitrogen and oxygen atoms in total. The average Bonchev–Trinajstić information content (AvgIpc) is 2.88. The van der Waals surface area contributed by atoms with Gasteiger partial charge in [-0.05, 0) is 30.7 Å². The Morgan fingerprint density at radius 3 is 2.54 bits per heavy atom. The molecule has 0 atom stereocenters. The molecule has 2 N–H and O–H groups in total. The summed E-state index contributed by atoms with van der Waals surface area (Å²) in [6.07, 6.45) is 0. The van der Waals surface area contributed by atoms with Crippen LogP contribution in [0.25, 0.3) is 0 Å². The molecule has 0 bridgehead atoms. The van der Waals surface area contributed by atoms with Gasteiger partial charge in [0.2, 0.25) is 0 Å². The Labute approximate surface area is 143 Å². The summed E-state index contributed by atoms with van der Waals surface area (Å²) in [5.74, 6) is -1.40. The predicted octanol–water partition coefficient (Wildman–Crippen LogP) is 2.69. The van der Waals surface area contributed by atoms with E-state index in [2.05, 4.69) is 10.3 Å². The van der Waals surface area contributed by atoms with Crippen LogP contribution in [-0.2, 0) is 22.7 Å². The molecule has 0 aliphatic carbocycles. The van der Waals surface area contributed by atoms with Gasteiger partial charge in [0, 0.05) is 19.9 Å². The van der Waals surface area contributed by atoms with Crippen LogP contribution < -0.4 is 5.32 Å². The molecular formula is C16H18N2O5S. The van der Waals surface area contributed by atoms with Crippen LogP contribution >= 0.6 is 11.3 Å². The summed E-state index contributed by atoms with van der Waals surface area (Å²) < 4.78 is 10.0. The number of carboxylic acid groups (broad SMARTS) is 1. The zero-order chi connectivity index (χ0) is 17.7. The number of aromatic carboxylic acids is 1. The Morgan fingerprint density at radius 1 is 1.21 bits per heavy atom. The smallest absolute Gasteiger partial charge is 0.335 e. The lowest BCUT2D eigenvalue weighted by atomic mass is 10.1. The van der Waals surface area contributed by atoms with Gasteiger partial charge in [-0.25, -0.2) is 9.78 Å². The second-order valence-corrected chi connectivity index (χ2v) is 6.15. The van der Waals surface area contributed by atoms with Crippen LogP contribution in [0.3, 0.4) is 0 Å². The number of carbonyl (C=O) groups excluding carboxylic acids is 1. The number of carbonyl (C=O) groups is 2. The molecule has 0 saturated carbocycles. The number of methoxy groups -OCH3 is 2. The largest absolute Gasteiger partial charge is 0.478 e. The minimum atomic E-state index is -1.07. The van der Waals surface area contributed by atoms with E-state index in [-0.39, 0.29) is 18.1 Å². The van der Waals surface area contributed by atoms with Gasteiger partial charge in [0.15, 0.2) is 0 Å². The molecule has 128 valence electrons. The zero-order valence-corrected chi connectivity index (χ0v) is 14.4. The monoisotopic (exact) mass is 350 g/mol. The van der Waals surface area contributed by atoms with Crippen LogP contribution in [0.15, 0.2) is 18.2 Å². The molecule has 0 fully saturated rings. The number of amides is 1. The molecule has 0 spiro atoms. The Bertz CT molecular complexity index is 757. The SMILES string of the molecule is COCc1cc(NC(=O)c2sc(COC)nc2C)cc(C(=O)O)c1. The number of nitrogens with zero attached hydrogens (tertiary/aromatic N) is 1. The normalized spacial score (nSPS) is 10.6. The lowest BCUT2D eigenvalue weighted by Crippen LogP contribution is -2.12. The second kappa shape index (κ2) is 8.00. The van der Waals surface area contributed by atoms with E-state index >= 15 is 0 Å². The van der Waals surface area contributed by atoms with E-state index in [1.54, 1.807) is 20.1 Å². The number of aryl methyl sites for hydroxylation is 1. The summed E-state index contributed by atoms with van der Waals surface area (Å²) in [6, 6.07) is 4.60. The summed E-state index contributed by atoms with van der Waals surface area (Å²) in [4.78, 5) is 28.4. The maximum absolute atomic E-state index is 12.4. The number of thiazole rings is 1. The fourth-order valence-corrected chi connectivity index (χ4v) is 3.11. The van der Waals surface area contributed by atoms with Crippen molar-refractivity contribution in [3.05, 3.63) is 44.9 Å². The number of rotatable bonds is 7. The third kappa shape index (κ3) is 4.38. The highest BCUT2D eigenvalue weighted by atomic mass is 32.1. The van der Waals surface area contributed by atoms with Gasteiger partial charge in [-0.1, -0.05) is 0 Å². The number of hydrogen-bond acceptors (Lipinski definition) is 6. The molecule has 0 radical (unpaired) electrons. The van der Waals surface area contributed by atoms with Crippen LogP contribution in [-0.4, -0.2) is 36.2 Å². The molecular weight excluding hydrogens is 332 g/mol. The number of ether oxygens (including phenoxy) is 2. The van der Waals surface area contributed by atoms with Crippen molar-refractivity contribution in [2.45, 2.75) is 20.1 Å². The van der Waals surface area contributed by atoms with Crippen molar-refractivity contribution < 1.29 is 24.2 Å². The van der Waals surface area contributed by atoms with Crippen LogP contribution in [0.4, 0.5) is 5.69 Å². The van der Waals surface area contributed by atoms with Gasteiger partial charge >= 0.3 is 5.97 Å². The predicted molar refractivity (Wildman–Crippen MR) is 89.6 cm³/mol. The lowest BCUT2D eigenvalue weighted by molar-refractivity contribution is 0.0696. The molecule has 0 aliphatic rings. The van der Waals surface area contributed by atoms with Crippen molar-refractivity contribution in [2.24, 2.45) is 0 Å². The first-order valence-corrected chi connectivity index (χ1v) is 7.89. The summed E-state index contributed by atoms with van der Waals surface area (Å²) in [7, 11) is 3.08. The van der Waals surface area contributed by atoms with Crippen LogP contribution in [0.5, 0.6) is 0 Å². The number of benzene rings is 1. The van der Waals surface area contributed by atoms with E-state index in [4.69, 9.17) is 9.47 Å². The Hall–Kier alpha value is -2.29. The highest BCUT2D eigenvalue weighted by Gasteiger charge is 2.16. The minimum Gasteiger partial charge on any atom is -0.478 e. The summed E-state index contributed by atoms with van der Waals surface area (Å²) in [6.45, 7) is 2.33. The van der Waals surface area contributed by atoms with E-state index in [0.717, 1.165) is 0 Å². The maximum Gasteiger partial charge on any atom is 0.335 e. The van der Waals surface area contributed by atoms with E-state index in [1.807, 2.05) is 0 Å². The van der Waals surface area contributed by atoms with E-state index < -0.39 is 5.97 Å². The Balaban J connectivity index is 2.26. The zero-order valence-electron chi connectivity index (χ0n) is 13.6. The van der Waals surface area contributed by atoms with Gasteiger partial charge < -0.3 is 19.9 Å². The molecule has 24 heavy (non-hydrogen) atoms. The topological polar surface area (TPSA) is 97.8 Å². The Kier molecular flexibility index (Phi) is 6.02. The van der Waals surface area contributed by atoms with Crippen molar-refractivity contribution in [1.82, 2.24) is 4.98 Å². The van der Waals surface area contributed by atoms with E-state index in [9.17, 15) is 14.7 Å². The summed E-state index contributed by atoms with van der Waals surface area (Å²) >= 11 is 1.25. The third-order valence-corrected chi connectivity index (χ3v) is 4.25. The quantitative estimate of drug-likeness (QED) is 0.797. The Morgan fingerprint density at radius 2 is 1.92 bits per heavy atom. The molecule has 2 aromatic rings. The molecule has 2 rings (SSSR count). The van der Waals surface area contributed by atoms with Gasteiger partial charge in [0.1, 0.15) is 9.88 Å². The number of carboxylic acids is 1. The van der Waals surface area contributed by atoms with E-state index in [1.165, 1.54) is 30.6 Å².